The number of aromatic nitrogens is 2. The molecule has 136 valence electrons. The number of aryl methyl sites for hydroxylation is 1. The number of anilines is 1. The van der Waals surface area contributed by atoms with Gasteiger partial charge in [0.25, 0.3) is 0 Å². The van der Waals surface area contributed by atoms with Crippen LogP contribution in [0.5, 0.6) is 0 Å². The van der Waals surface area contributed by atoms with Gasteiger partial charge >= 0.3 is 0 Å². The highest BCUT2D eigenvalue weighted by Crippen LogP contribution is 2.38. The van der Waals surface area contributed by atoms with E-state index in [1.807, 2.05) is 18.0 Å². The average molecular weight is 383 g/mol. The Balaban J connectivity index is 2.09. The Labute approximate surface area is 158 Å². The number of rotatable bonds is 4. The minimum Gasteiger partial charge on any atom is -0.367 e. The summed E-state index contributed by atoms with van der Waals surface area (Å²) in [5.74, 6) is 0. The van der Waals surface area contributed by atoms with Crippen molar-refractivity contribution in [3.63, 3.8) is 0 Å². The Morgan fingerprint density at radius 2 is 1.96 bits per heavy atom. The van der Waals surface area contributed by atoms with Crippen LogP contribution in [0.4, 0.5) is 5.69 Å². The van der Waals surface area contributed by atoms with E-state index in [0.29, 0.717) is 15.7 Å². The van der Waals surface area contributed by atoms with Crippen LogP contribution in [0, 0.1) is 6.92 Å². The monoisotopic (exact) mass is 382 g/mol. The molecule has 7 heteroatoms. The molecule has 2 heterocycles. The first kappa shape index (κ1) is 18.5. The number of aliphatic hydroxyl groups excluding tert-OH is 1. The van der Waals surface area contributed by atoms with E-state index in [1.54, 1.807) is 18.3 Å². The van der Waals surface area contributed by atoms with Gasteiger partial charge in [-0.05, 0) is 57.4 Å². The number of aromatic amines is 1. The van der Waals surface area contributed by atoms with Crippen LogP contribution in [0.3, 0.4) is 0 Å². The summed E-state index contributed by atoms with van der Waals surface area (Å²) in [7, 11) is 0. The fraction of sp³-hybridized carbons (Fsp3) is 0.500. The summed E-state index contributed by atoms with van der Waals surface area (Å²) in [6, 6.07) is 5.92. The number of halogens is 2. The van der Waals surface area contributed by atoms with Crippen LogP contribution < -0.4 is 5.01 Å². The molecule has 1 saturated heterocycles. The maximum absolute atomic E-state index is 11.2. The number of hydrogen-bond donors (Lipinski definition) is 2. The standard InChI is InChI=1S/C18H24Cl2N4O/c1-11-10-21-22-17(11)18(25)24(16-8-7-14(19)9-15(16)20)23-12(2)5-4-6-13(23)3/h7-10,12-13,18,25H,4-6H2,1-3H3,(H,21,22)/t12-,13+,18?. The van der Waals surface area contributed by atoms with E-state index in [4.69, 9.17) is 23.2 Å². The summed E-state index contributed by atoms with van der Waals surface area (Å²) in [5, 5.41) is 23.4. The van der Waals surface area contributed by atoms with Crippen molar-refractivity contribution in [2.45, 2.75) is 58.3 Å². The number of H-pyrrole nitrogens is 1. The van der Waals surface area contributed by atoms with Gasteiger partial charge in [0.1, 0.15) is 0 Å². The molecule has 1 aliphatic rings. The SMILES string of the molecule is Cc1cn[nH]c1C(O)N(c1ccc(Cl)cc1Cl)N1[C@H](C)CCC[C@@H]1C. The Kier molecular flexibility index (Phi) is 5.58. The summed E-state index contributed by atoms with van der Waals surface area (Å²) >= 11 is 12.6. The van der Waals surface area contributed by atoms with Crippen molar-refractivity contribution >= 4 is 28.9 Å². The maximum atomic E-state index is 11.2. The fourth-order valence-corrected chi connectivity index (χ4v) is 4.12. The lowest BCUT2D eigenvalue weighted by molar-refractivity contribution is 0.0166. The van der Waals surface area contributed by atoms with Gasteiger partial charge in [-0.1, -0.05) is 29.6 Å². The molecule has 25 heavy (non-hydrogen) atoms. The molecule has 2 aromatic rings. The normalized spacial score (nSPS) is 22.8. The van der Waals surface area contributed by atoms with E-state index >= 15 is 0 Å². The van der Waals surface area contributed by atoms with Crippen molar-refractivity contribution in [2.24, 2.45) is 0 Å². The molecule has 0 amide bonds. The van der Waals surface area contributed by atoms with Crippen molar-refractivity contribution in [3.05, 3.63) is 45.7 Å². The average Bonchev–Trinajstić information content (AvgIpc) is 2.98. The molecule has 3 rings (SSSR count). The topological polar surface area (TPSA) is 55.4 Å². The van der Waals surface area contributed by atoms with Gasteiger partial charge in [-0.15, -0.1) is 0 Å². The van der Waals surface area contributed by atoms with Crippen LogP contribution in [0.15, 0.2) is 24.4 Å². The highest BCUT2D eigenvalue weighted by atomic mass is 35.5. The van der Waals surface area contributed by atoms with E-state index in [2.05, 4.69) is 29.1 Å². The van der Waals surface area contributed by atoms with Crippen molar-refractivity contribution < 1.29 is 5.11 Å². The molecular weight excluding hydrogens is 359 g/mol. The number of hydrazine groups is 1. The second-order valence-corrected chi connectivity index (χ2v) is 7.63. The molecule has 0 spiro atoms. The first-order valence-electron chi connectivity index (χ1n) is 8.60. The minimum atomic E-state index is -0.913. The largest absolute Gasteiger partial charge is 0.367 e. The number of piperidine rings is 1. The van der Waals surface area contributed by atoms with Crippen molar-refractivity contribution in [2.75, 3.05) is 5.01 Å². The summed E-state index contributed by atoms with van der Waals surface area (Å²) < 4.78 is 0. The van der Waals surface area contributed by atoms with Crippen LogP contribution in [0.1, 0.15) is 50.6 Å². The number of nitrogens with zero attached hydrogens (tertiary/aromatic N) is 3. The molecule has 5 nitrogen and oxygen atoms in total. The zero-order chi connectivity index (χ0) is 18.1. The van der Waals surface area contributed by atoms with Gasteiger partial charge in [-0.2, -0.15) is 5.10 Å². The predicted octanol–water partition coefficient (Wildman–Crippen LogP) is 4.70. The van der Waals surface area contributed by atoms with Crippen LogP contribution in [-0.2, 0) is 0 Å². The van der Waals surface area contributed by atoms with E-state index in [9.17, 15) is 5.11 Å². The summed E-state index contributed by atoms with van der Waals surface area (Å²) in [5.41, 5.74) is 2.30. The molecule has 1 aromatic heterocycles. The van der Waals surface area contributed by atoms with Gasteiger partial charge < -0.3 is 5.11 Å². The first-order valence-corrected chi connectivity index (χ1v) is 9.36. The number of nitrogens with one attached hydrogen (secondary N) is 1. The highest BCUT2D eigenvalue weighted by Gasteiger charge is 2.36. The third-order valence-corrected chi connectivity index (χ3v) is 5.45. The van der Waals surface area contributed by atoms with Gasteiger partial charge in [0.05, 0.1) is 22.6 Å². The first-order chi connectivity index (χ1) is 11.9. The Hall–Kier alpha value is -1.27. The van der Waals surface area contributed by atoms with Crippen LogP contribution in [0.2, 0.25) is 10.0 Å². The van der Waals surface area contributed by atoms with E-state index in [0.717, 1.165) is 24.1 Å². The quantitative estimate of drug-likeness (QED) is 0.752. The van der Waals surface area contributed by atoms with Gasteiger partial charge in [0.2, 0.25) is 0 Å². The molecule has 0 radical (unpaired) electrons. The molecule has 1 fully saturated rings. The van der Waals surface area contributed by atoms with E-state index < -0.39 is 6.23 Å². The highest BCUT2D eigenvalue weighted by molar-refractivity contribution is 6.36. The third kappa shape index (κ3) is 3.65. The fourth-order valence-electron chi connectivity index (χ4n) is 3.62. The van der Waals surface area contributed by atoms with Gasteiger partial charge in [-0.3, -0.25) is 10.1 Å². The van der Waals surface area contributed by atoms with E-state index in [-0.39, 0.29) is 12.1 Å². The molecule has 0 saturated carbocycles. The lowest BCUT2D eigenvalue weighted by atomic mass is 9.99. The smallest absolute Gasteiger partial charge is 0.184 e. The van der Waals surface area contributed by atoms with Crippen LogP contribution >= 0.6 is 23.2 Å². The van der Waals surface area contributed by atoms with Gasteiger partial charge in [0.15, 0.2) is 6.23 Å². The summed E-state index contributed by atoms with van der Waals surface area (Å²) in [4.78, 5) is 0. The van der Waals surface area contributed by atoms with Crippen LogP contribution in [0.25, 0.3) is 0 Å². The second kappa shape index (κ2) is 7.54. The zero-order valence-corrected chi connectivity index (χ0v) is 16.2. The molecular formula is C18H24Cl2N4O. The number of benzene rings is 1. The van der Waals surface area contributed by atoms with Crippen molar-refractivity contribution in [1.29, 1.82) is 0 Å². The second-order valence-electron chi connectivity index (χ2n) is 6.79. The van der Waals surface area contributed by atoms with Crippen molar-refractivity contribution in [3.8, 4) is 0 Å². The van der Waals surface area contributed by atoms with Crippen molar-refractivity contribution in [1.82, 2.24) is 15.2 Å². The molecule has 1 aliphatic heterocycles. The zero-order valence-electron chi connectivity index (χ0n) is 14.7. The summed E-state index contributed by atoms with van der Waals surface area (Å²) in [6.07, 6.45) is 4.12. The van der Waals surface area contributed by atoms with Crippen LogP contribution in [-0.4, -0.2) is 32.4 Å². The Morgan fingerprint density at radius 1 is 1.28 bits per heavy atom. The maximum Gasteiger partial charge on any atom is 0.184 e. The number of aliphatic hydroxyl groups is 1. The molecule has 1 unspecified atom stereocenters. The molecule has 3 atom stereocenters. The Bertz CT molecular complexity index is 726. The summed E-state index contributed by atoms with van der Waals surface area (Å²) in [6.45, 7) is 6.28. The molecule has 2 N–H and O–H groups in total. The molecule has 1 aromatic carbocycles. The molecule has 0 bridgehead atoms. The molecule has 0 aliphatic carbocycles. The van der Waals surface area contributed by atoms with E-state index in [1.165, 1.54) is 6.42 Å². The Morgan fingerprint density at radius 3 is 2.52 bits per heavy atom. The lowest BCUT2D eigenvalue weighted by Crippen LogP contribution is -2.56. The third-order valence-electron chi connectivity index (χ3n) is 4.91. The number of hydrogen-bond acceptors (Lipinski definition) is 4. The lowest BCUT2D eigenvalue weighted by Gasteiger charge is -2.48. The minimum absolute atomic E-state index is 0.286. The predicted molar refractivity (Wildman–Crippen MR) is 102 cm³/mol. The van der Waals surface area contributed by atoms with Gasteiger partial charge in [0, 0.05) is 17.1 Å². The van der Waals surface area contributed by atoms with Gasteiger partial charge in [-0.25, -0.2) is 5.01 Å².